The number of rotatable bonds is 8. The van der Waals surface area contributed by atoms with Crippen LogP contribution in [-0.4, -0.2) is 47.2 Å². The summed E-state index contributed by atoms with van der Waals surface area (Å²) in [7, 11) is 4.01. The summed E-state index contributed by atoms with van der Waals surface area (Å²) in [5, 5.41) is 9.71. The van der Waals surface area contributed by atoms with Gasteiger partial charge in [-0.15, -0.1) is 0 Å². The summed E-state index contributed by atoms with van der Waals surface area (Å²) in [5.74, 6) is 1.52. The Morgan fingerprint density at radius 1 is 0.931 bits per heavy atom. The minimum Gasteiger partial charge on any atom is -0.508 e. The molecule has 0 aliphatic carbocycles. The van der Waals surface area contributed by atoms with Crippen LogP contribution in [0.5, 0.6) is 11.5 Å². The van der Waals surface area contributed by atoms with Crippen LogP contribution in [0.2, 0.25) is 0 Å². The predicted octanol–water partition coefficient (Wildman–Crippen LogP) is 4.49. The summed E-state index contributed by atoms with van der Waals surface area (Å²) in [6, 6.07) is 17.4. The third kappa shape index (κ3) is 5.42. The van der Waals surface area contributed by atoms with Crippen LogP contribution in [0.4, 0.5) is 0 Å². The molecule has 0 fully saturated rings. The summed E-state index contributed by atoms with van der Waals surface area (Å²) >= 11 is 0. The Kier molecular flexibility index (Phi) is 6.98. The minimum atomic E-state index is 0.233. The van der Waals surface area contributed by atoms with Crippen molar-refractivity contribution in [2.45, 2.75) is 13.3 Å². The van der Waals surface area contributed by atoms with Gasteiger partial charge in [-0.3, -0.25) is 0 Å². The van der Waals surface area contributed by atoms with Crippen molar-refractivity contribution >= 4 is 11.1 Å². The molecule has 1 heterocycles. The van der Waals surface area contributed by atoms with Crippen molar-refractivity contribution in [2.75, 3.05) is 27.2 Å². The molecule has 0 aliphatic heterocycles. The standard InChI is InChI=1S/C24H27N3O2/c1-4-22(18-8-6-5-7-9-18)23(19-10-12-20(28)13-11-19)24-25-16-21(17-26-24)29-15-14-27(2)3/h5-13,16-17,28H,4,14-15H2,1-3H3/b23-22-. The molecule has 1 aromatic heterocycles. The molecule has 0 amide bonds. The second kappa shape index (κ2) is 9.85. The fraction of sp³-hybridized carbons (Fsp3) is 0.250. The van der Waals surface area contributed by atoms with Gasteiger partial charge in [0.15, 0.2) is 11.6 Å². The normalized spacial score (nSPS) is 12.0. The summed E-state index contributed by atoms with van der Waals surface area (Å²) in [6.45, 7) is 3.54. The van der Waals surface area contributed by atoms with E-state index in [1.807, 2.05) is 44.4 Å². The maximum atomic E-state index is 9.71. The van der Waals surface area contributed by atoms with Crippen molar-refractivity contribution in [3.8, 4) is 11.5 Å². The number of phenolic OH excluding ortho intramolecular Hbond substituents is 1. The van der Waals surface area contributed by atoms with E-state index >= 15 is 0 Å². The van der Waals surface area contributed by atoms with E-state index < -0.39 is 0 Å². The van der Waals surface area contributed by atoms with Crippen LogP contribution in [0.3, 0.4) is 0 Å². The molecular formula is C24H27N3O2. The van der Waals surface area contributed by atoms with Crippen LogP contribution in [0.1, 0.15) is 30.3 Å². The van der Waals surface area contributed by atoms with E-state index in [9.17, 15) is 5.11 Å². The van der Waals surface area contributed by atoms with Gasteiger partial charge in [0.05, 0.1) is 12.4 Å². The number of allylic oxidation sites excluding steroid dienone is 1. The van der Waals surface area contributed by atoms with Gasteiger partial charge in [-0.05, 0) is 49.3 Å². The lowest BCUT2D eigenvalue weighted by atomic mass is 9.92. The number of hydrogen-bond acceptors (Lipinski definition) is 5. The fourth-order valence-corrected chi connectivity index (χ4v) is 3.10. The van der Waals surface area contributed by atoms with Crippen LogP contribution < -0.4 is 4.74 Å². The Morgan fingerprint density at radius 2 is 1.59 bits per heavy atom. The molecule has 150 valence electrons. The maximum Gasteiger partial charge on any atom is 0.160 e. The van der Waals surface area contributed by atoms with Crippen LogP contribution in [0.15, 0.2) is 67.0 Å². The Balaban J connectivity index is 2.02. The van der Waals surface area contributed by atoms with Gasteiger partial charge in [0.25, 0.3) is 0 Å². The Bertz CT molecular complexity index is 934. The van der Waals surface area contributed by atoms with Crippen molar-refractivity contribution in [2.24, 2.45) is 0 Å². The monoisotopic (exact) mass is 389 g/mol. The molecule has 5 heteroatoms. The SMILES string of the molecule is CC/C(=C(\c1ccc(O)cc1)c1ncc(OCCN(C)C)cn1)c1ccccc1. The van der Waals surface area contributed by atoms with E-state index in [0.717, 1.165) is 35.2 Å². The molecule has 0 spiro atoms. The summed E-state index contributed by atoms with van der Waals surface area (Å²) in [5.41, 5.74) is 4.20. The van der Waals surface area contributed by atoms with Gasteiger partial charge in [-0.2, -0.15) is 0 Å². The highest BCUT2D eigenvalue weighted by atomic mass is 16.5. The first-order chi connectivity index (χ1) is 14.1. The van der Waals surface area contributed by atoms with Crippen molar-refractivity contribution in [3.63, 3.8) is 0 Å². The second-order valence-corrected chi connectivity index (χ2v) is 7.01. The third-order valence-corrected chi connectivity index (χ3v) is 4.59. The van der Waals surface area contributed by atoms with E-state index in [2.05, 4.69) is 33.9 Å². The van der Waals surface area contributed by atoms with Gasteiger partial charge in [-0.1, -0.05) is 49.4 Å². The molecule has 0 saturated carbocycles. The van der Waals surface area contributed by atoms with Crippen molar-refractivity contribution in [3.05, 3.63) is 83.9 Å². The van der Waals surface area contributed by atoms with E-state index in [1.54, 1.807) is 24.5 Å². The average molecular weight is 389 g/mol. The molecule has 0 aliphatic rings. The zero-order valence-corrected chi connectivity index (χ0v) is 17.2. The van der Waals surface area contributed by atoms with Gasteiger partial charge in [0.1, 0.15) is 12.4 Å². The van der Waals surface area contributed by atoms with E-state index in [-0.39, 0.29) is 5.75 Å². The van der Waals surface area contributed by atoms with Crippen molar-refractivity contribution in [1.82, 2.24) is 14.9 Å². The lowest BCUT2D eigenvalue weighted by molar-refractivity contribution is 0.260. The highest BCUT2D eigenvalue weighted by molar-refractivity contribution is 5.96. The molecule has 3 rings (SSSR count). The lowest BCUT2D eigenvalue weighted by Gasteiger charge is -2.15. The molecule has 0 radical (unpaired) electrons. The Hall–Kier alpha value is -3.18. The molecule has 1 N–H and O–H groups in total. The smallest absolute Gasteiger partial charge is 0.160 e. The zero-order valence-electron chi connectivity index (χ0n) is 17.2. The highest BCUT2D eigenvalue weighted by Crippen LogP contribution is 2.33. The first-order valence-electron chi connectivity index (χ1n) is 9.76. The van der Waals surface area contributed by atoms with Crippen molar-refractivity contribution in [1.29, 1.82) is 0 Å². The number of aromatic hydroxyl groups is 1. The molecule has 0 bridgehead atoms. The highest BCUT2D eigenvalue weighted by Gasteiger charge is 2.15. The van der Waals surface area contributed by atoms with Crippen molar-refractivity contribution < 1.29 is 9.84 Å². The number of ether oxygens (including phenoxy) is 1. The van der Waals surface area contributed by atoms with Gasteiger partial charge < -0.3 is 14.7 Å². The number of nitrogens with zero attached hydrogens (tertiary/aromatic N) is 3. The second-order valence-electron chi connectivity index (χ2n) is 7.01. The van der Waals surface area contributed by atoms with Gasteiger partial charge in [-0.25, -0.2) is 9.97 Å². The van der Waals surface area contributed by atoms with E-state index in [4.69, 9.17) is 4.74 Å². The maximum absolute atomic E-state index is 9.71. The van der Waals surface area contributed by atoms with Gasteiger partial charge >= 0.3 is 0 Å². The first-order valence-corrected chi connectivity index (χ1v) is 9.76. The average Bonchev–Trinajstić information content (AvgIpc) is 2.74. The number of hydrogen-bond donors (Lipinski definition) is 1. The lowest BCUT2D eigenvalue weighted by Crippen LogP contribution is -2.19. The number of likely N-dealkylation sites (N-methyl/N-ethyl adjacent to an activating group) is 1. The van der Waals surface area contributed by atoms with Crippen LogP contribution in [0.25, 0.3) is 11.1 Å². The summed E-state index contributed by atoms with van der Waals surface area (Å²) < 4.78 is 5.73. The molecule has 5 nitrogen and oxygen atoms in total. The molecule has 29 heavy (non-hydrogen) atoms. The van der Waals surface area contributed by atoms with E-state index in [0.29, 0.717) is 18.2 Å². The molecule has 3 aromatic rings. The zero-order chi connectivity index (χ0) is 20.6. The molecular weight excluding hydrogens is 362 g/mol. The topological polar surface area (TPSA) is 58.5 Å². The Labute approximate surface area is 172 Å². The third-order valence-electron chi connectivity index (χ3n) is 4.59. The largest absolute Gasteiger partial charge is 0.508 e. The van der Waals surface area contributed by atoms with Gasteiger partial charge in [0.2, 0.25) is 0 Å². The fourth-order valence-electron chi connectivity index (χ4n) is 3.10. The van der Waals surface area contributed by atoms with Gasteiger partial charge in [0, 0.05) is 12.1 Å². The number of benzene rings is 2. The van der Waals surface area contributed by atoms with Crippen LogP contribution in [-0.2, 0) is 0 Å². The summed E-state index contributed by atoms with van der Waals surface area (Å²) in [4.78, 5) is 11.3. The quantitative estimate of drug-likeness (QED) is 0.575. The summed E-state index contributed by atoms with van der Waals surface area (Å²) in [6.07, 6.45) is 4.26. The minimum absolute atomic E-state index is 0.233. The molecule has 2 aromatic carbocycles. The number of phenols is 1. The Morgan fingerprint density at radius 3 is 2.17 bits per heavy atom. The molecule has 0 atom stereocenters. The molecule has 0 unspecified atom stereocenters. The number of aromatic nitrogens is 2. The van der Waals surface area contributed by atoms with E-state index in [1.165, 1.54) is 0 Å². The predicted molar refractivity (Wildman–Crippen MR) is 117 cm³/mol. The molecule has 0 saturated heterocycles. The first kappa shape index (κ1) is 20.6. The van der Waals surface area contributed by atoms with Crippen LogP contribution >= 0.6 is 0 Å². The van der Waals surface area contributed by atoms with Crippen LogP contribution in [0, 0.1) is 0 Å².